The Morgan fingerprint density at radius 3 is 2.39 bits per heavy atom. The van der Waals surface area contributed by atoms with Gasteiger partial charge in [-0.15, -0.1) is 0 Å². The zero-order valence-electron chi connectivity index (χ0n) is 15.7. The van der Waals surface area contributed by atoms with Gasteiger partial charge in [0.15, 0.2) is 11.6 Å². The van der Waals surface area contributed by atoms with Crippen molar-refractivity contribution in [2.75, 3.05) is 7.11 Å². The van der Waals surface area contributed by atoms with E-state index in [0.29, 0.717) is 16.5 Å². The second-order valence-corrected chi connectivity index (χ2v) is 6.42. The summed E-state index contributed by atoms with van der Waals surface area (Å²) in [4.78, 5) is 0. The van der Waals surface area contributed by atoms with Gasteiger partial charge in [0.2, 0.25) is 0 Å². The van der Waals surface area contributed by atoms with Gasteiger partial charge in [0.25, 0.3) is 0 Å². The third-order valence-corrected chi connectivity index (χ3v) is 4.46. The van der Waals surface area contributed by atoms with Gasteiger partial charge >= 0.3 is 6.11 Å². The number of alkyl halides is 2. The van der Waals surface area contributed by atoms with Crippen LogP contribution in [-0.2, 0) is 12.5 Å². The molecule has 3 rings (SSSR count). The molecule has 146 valence electrons. The quantitative estimate of drug-likeness (QED) is 0.425. The van der Waals surface area contributed by atoms with Crippen molar-refractivity contribution in [1.29, 1.82) is 0 Å². The predicted octanol–water partition coefficient (Wildman–Crippen LogP) is 6.62. The number of ether oxygens (including phenoxy) is 2. The van der Waals surface area contributed by atoms with E-state index in [2.05, 4.69) is 0 Å². The van der Waals surface area contributed by atoms with Crippen molar-refractivity contribution in [3.63, 3.8) is 0 Å². The molecular formula is C23H21F3O2. The van der Waals surface area contributed by atoms with Crippen molar-refractivity contribution >= 4 is 10.8 Å². The fraction of sp³-hybridized carbons (Fsp3) is 0.217. The maximum absolute atomic E-state index is 14.6. The summed E-state index contributed by atoms with van der Waals surface area (Å²) >= 11 is 0. The molecule has 0 fully saturated rings. The Morgan fingerprint density at radius 2 is 1.71 bits per heavy atom. The SMILES string of the molecule is C/C=C/CCc1ccc(C(F)(F)Oc2cc3ccc(OC)cc3cc2F)cc1. The molecule has 0 heterocycles. The first kappa shape index (κ1) is 19.8. The van der Waals surface area contributed by atoms with Crippen LogP contribution < -0.4 is 9.47 Å². The van der Waals surface area contributed by atoms with E-state index in [1.807, 2.05) is 19.1 Å². The summed E-state index contributed by atoms with van der Waals surface area (Å²) in [5.41, 5.74) is 0.625. The maximum Gasteiger partial charge on any atom is 0.426 e. The number of allylic oxidation sites excluding steroid dienone is 2. The van der Waals surface area contributed by atoms with Crippen molar-refractivity contribution < 1.29 is 22.6 Å². The second-order valence-electron chi connectivity index (χ2n) is 6.42. The lowest BCUT2D eigenvalue weighted by molar-refractivity contribution is -0.186. The van der Waals surface area contributed by atoms with Gasteiger partial charge in [-0.3, -0.25) is 0 Å². The largest absolute Gasteiger partial charge is 0.497 e. The van der Waals surface area contributed by atoms with Crippen LogP contribution >= 0.6 is 0 Å². The highest BCUT2D eigenvalue weighted by atomic mass is 19.3. The second kappa shape index (κ2) is 8.38. The van der Waals surface area contributed by atoms with Crippen LogP contribution in [0.15, 0.2) is 66.7 Å². The molecule has 0 aliphatic carbocycles. The molecule has 0 bridgehead atoms. The number of aryl methyl sites for hydroxylation is 1. The van der Waals surface area contributed by atoms with Gasteiger partial charge in [0.05, 0.1) is 12.7 Å². The molecule has 0 N–H and O–H groups in total. The maximum atomic E-state index is 14.6. The summed E-state index contributed by atoms with van der Waals surface area (Å²) in [6.45, 7) is 1.93. The van der Waals surface area contributed by atoms with Crippen LogP contribution in [0.4, 0.5) is 13.2 Å². The summed E-state index contributed by atoms with van der Waals surface area (Å²) in [5.74, 6) is -0.802. The van der Waals surface area contributed by atoms with Crippen molar-refractivity contribution in [2.24, 2.45) is 0 Å². The van der Waals surface area contributed by atoms with E-state index >= 15 is 0 Å². The number of hydrogen-bond donors (Lipinski definition) is 0. The van der Waals surface area contributed by atoms with Gasteiger partial charge in [-0.2, -0.15) is 8.78 Å². The summed E-state index contributed by atoms with van der Waals surface area (Å²) < 4.78 is 53.3. The van der Waals surface area contributed by atoms with Crippen molar-refractivity contribution in [3.05, 3.63) is 83.7 Å². The highest BCUT2D eigenvalue weighted by molar-refractivity contribution is 5.85. The molecule has 2 nitrogen and oxygen atoms in total. The molecule has 0 saturated heterocycles. The van der Waals surface area contributed by atoms with Crippen molar-refractivity contribution in [1.82, 2.24) is 0 Å². The van der Waals surface area contributed by atoms with Crippen LogP contribution in [-0.4, -0.2) is 7.11 Å². The minimum Gasteiger partial charge on any atom is -0.497 e. The smallest absolute Gasteiger partial charge is 0.426 e. The highest BCUT2D eigenvalue weighted by Crippen LogP contribution is 2.35. The number of methoxy groups -OCH3 is 1. The van der Waals surface area contributed by atoms with E-state index in [0.717, 1.165) is 24.5 Å². The predicted molar refractivity (Wildman–Crippen MR) is 105 cm³/mol. The number of rotatable bonds is 7. The Kier molecular flexibility index (Phi) is 5.93. The zero-order chi connectivity index (χ0) is 20.1. The molecule has 0 spiro atoms. The van der Waals surface area contributed by atoms with Crippen LogP contribution in [0.2, 0.25) is 0 Å². The molecular weight excluding hydrogens is 365 g/mol. The highest BCUT2D eigenvalue weighted by Gasteiger charge is 2.35. The van der Waals surface area contributed by atoms with Gasteiger partial charge in [0, 0.05) is 0 Å². The third kappa shape index (κ3) is 4.47. The number of benzene rings is 3. The van der Waals surface area contributed by atoms with E-state index in [1.165, 1.54) is 25.3 Å². The van der Waals surface area contributed by atoms with Crippen LogP contribution in [0.25, 0.3) is 10.8 Å². The van der Waals surface area contributed by atoms with Crippen molar-refractivity contribution in [3.8, 4) is 11.5 Å². The molecule has 3 aromatic rings. The number of fused-ring (bicyclic) bond motifs is 1. The summed E-state index contributed by atoms with van der Waals surface area (Å²) in [5, 5.41) is 1.12. The Labute approximate surface area is 162 Å². The first-order chi connectivity index (χ1) is 13.4. The summed E-state index contributed by atoms with van der Waals surface area (Å²) in [6.07, 6.45) is 1.92. The standard InChI is InChI=1S/C23H21F3O2/c1-3-4-5-6-16-7-10-19(11-8-16)23(25,26)28-22-15-17-9-12-20(27-2)13-18(17)14-21(22)24/h3-4,7-15H,5-6H2,1-2H3/b4-3+. The fourth-order valence-corrected chi connectivity index (χ4v) is 2.91. The Hall–Kier alpha value is -2.95. The molecule has 0 radical (unpaired) electrons. The fourth-order valence-electron chi connectivity index (χ4n) is 2.91. The van der Waals surface area contributed by atoms with Crippen LogP contribution in [0.1, 0.15) is 24.5 Å². The normalized spacial score (nSPS) is 11.9. The van der Waals surface area contributed by atoms with Gasteiger partial charge in [-0.05, 0) is 72.5 Å². The van der Waals surface area contributed by atoms with Gasteiger partial charge in [-0.1, -0.05) is 30.4 Å². The van der Waals surface area contributed by atoms with Crippen LogP contribution in [0, 0.1) is 5.82 Å². The summed E-state index contributed by atoms with van der Waals surface area (Å²) in [7, 11) is 1.50. The molecule has 0 amide bonds. The Bertz CT molecular complexity index is 979. The molecule has 0 aliphatic heterocycles. The topological polar surface area (TPSA) is 18.5 Å². The van der Waals surface area contributed by atoms with Crippen molar-refractivity contribution in [2.45, 2.75) is 25.9 Å². The number of hydrogen-bond acceptors (Lipinski definition) is 2. The first-order valence-corrected chi connectivity index (χ1v) is 8.97. The van der Waals surface area contributed by atoms with Crippen LogP contribution in [0.5, 0.6) is 11.5 Å². The monoisotopic (exact) mass is 386 g/mol. The molecule has 3 aromatic carbocycles. The average Bonchev–Trinajstić information content (AvgIpc) is 2.68. The first-order valence-electron chi connectivity index (χ1n) is 8.97. The number of halogens is 3. The lowest BCUT2D eigenvalue weighted by Gasteiger charge is -2.19. The molecule has 0 atom stereocenters. The lowest BCUT2D eigenvalue weighted by Crippen LogP contribution is -2.22. The van der Waals surface area contributed by atoms with E-state index in [4.69, 9.17) is 9.47 Å². The van der Waals surface area contributed by atoms with E-state index < -0.39 is 17.7 Å². The molecule has 0 aliphatic rings. The van der Waals surface area contributed by atoms with E-state index in [9.17, 15) is 13.2 Å². The molecule has 0 aromatic heterocycles. The van der Waals surface area contributed by atoms with Gasteiger partial charge in [0.1, 0.15) is 5.75 Å². The Balaban J connectivity index is 1.82. The average molecular weight is 386 g/mol. The molecule has 0 unspecified atom stereocenters. The van der Waals surface area contributed by atoms with Crippen LogP contribution in [0.3, 0.4) is 0 Å². The lowest BCUT2D eigenvalue weighted by atomic mass is 10.1. The minimum absolute atomic E-state index is 0.323. The molecule has 0 saturated carbocycles. The van der Waals surface area contributed by atoms with E-state index in [1.54, 1.807) is 30.3 Å². The molecule has 5 heteroatoms. The summed E-state index contributed by atoms with van der Waals surface area (Å²) in [6, 6.07) is 13.3. The zero-order valence-corrected chi connectivity index (χ0v) is 15.7. The van der Waals surface area contributed by atoms with Gasteiger partial charge in [-0.25, -0.2) is 4.39 Å². The third-order valence-electron chi connectivity index (χ3n) is 4.46. The molecule has 28 heavy (non-hydrogen) atoms. The van der Waals surface area contributed by atoms with E-state index in [-0.39, 0.29) is 5.56 Å². The minimum atomic E-state index is -3.65. The van der Waals surface area contributed by atoms with Gasteiger partial charge < -0.3 is 9.47 Å². The Morgan fingerprint density at radius 1 is 0.964 bits per heavy atom.